The fraction of sp³-hybridized carbons (Fsp3) is 0.474. The third-order valence-electron chi connectivity index (χ3n) is 3.61. The quantitative estimate of drug-likeness (QED) is 0.316. The second-order valence-corrected chi connectivity index (χ2v) is 5.43. The number of carbonyl (C=O) groups excluding carboxylic acids is 2. The summed E-state index contributed by atoms with van der Waals surface area (Å²) in [6.07, 6.45) is 2.61. The first-order chi connectivity index (χ1) is 12.6. The second-order valence-electron chi connectivity index (χ2n) is 5.43. The maximum atomic E-state index is 11.7. The van der Waals surface area contributed by atoms with Gasteiger partial charge in [0.05, 0.1) is 13.2 Å². The van der Waals surface area contributed by atoms with Crippen molar-refractivity contribution in [2.24, 2.45) is 0 Å². The van der Waals surface area contributed by atoms with Gasteiger partial charge in [0.25, 0.3) is 0 Å². The van der Waals surface area contributed by atoms with E-state index in [1.165, 1.54) is 0 Å². The largest absolute Gasteiger partial charge is 0.465 e. The van der Waals surface area contributed by atoms with E-state index in [2.05, 4.69) is 17.2 Å². The summed E-state index contributed by atoms with van der Waals surface area (Å²) in [6, 6.07) is 6.01. The lowest BCUT2D eigenvalue weighted by molar-refractivity contribution is -0.143. The molecule has 0 aliphatic rings. The molecule has 0 amide bonds. The van der Waals surface area contributed by atoms with E-state index < -0.39 is 5.97 Å². The third-order valence-corrected chi connectivity index (χ3v) is 3.61. The van der Waals surface area contributed by atoms with Crippen molar-refractivity contribution in [2.75, 3.05) is 51.2 Å². The Kier molecular flexibility index (Phi) is 10.6. The first kappa shape index (κ1) is 21.5. The van der Waals surface area contributed by atoms with Crippen molar-refractivity contribution >= 4 is 23.3 Å². The molecule has 1 aromatic carbocycles. The predicted molar refractivity (Wildman–Crippen MR) is 101 cm³/mol. The molecule has 7 nitrogen and oxygen atoms in total. The number of ether oxygens (including phenoxy) is 3. The van der Waals surface area contributed by atoms with Crippen LogP contribution in [-0.2, 0) is 30.2 Å². The van der Waals surface area contributed by atoms with E-state index in [4.69, 9.17) is 14.2 Å². The molecule has 0 aromatic heterocycles. The zero-order valence-electron chi connectivity index (χ0n) is 15.5. The Labute approximate surface area is 154 Å². The summed E-state index contributed by atoms with van der Waals surface area (Å²) < 4.78 is 15.3. The van der Waals surface area contributed by atoms with E-state index in [0.717, 1.165) is 23.0 Å². The summed E-state index contributed by atoms with van der Waals surface area (Å²) in [6.45, 7) is 4.52. The Balaban J connectivity index is 2.13. The minimum Gasteiger partial charge on any atom is -0.465 e. The molecular weight excluding hydrogens is 336 g/mol. The smallest absolute Gasteiger partial charge is 0.330 e. The van der Waals surface area contributed by atoms with Crippen molar-refractivity contribution in [3.8, 4) is 0 Å². The molecule has 7 heteroatoms. The van der Waals surface area contributed by atoms with Gasteiger partial charge in [-0.25, -0.2) is 4.79 Å². The molecule has 0 aliphatic carbocycles. The van der Waals surface area contributed by atoms with Crippen molar-refractivity contribution in [1.82, 2.24) is 0 Å². The van der Waals surface area contributed by atoms with E-state index in [9.17, 15) is 9.59 Å². The Morgan fingerprint density at radius 2 is 1.88 bits per heavy atom. The zero-order chi connectivity index (χ0) is 19.2. The Hall–Kier alpha value is -2.54. The number of rotatable bonds is 13. The maximum Gasteiger partial charge on any atom is 0.330 e. The van der Waals surface area contributed by atoms with Crippen molar-refractivity contribution < 1.29 is 23.8 Å². The molecule has 1 rings (SSSR count). The van der Waals surface area contributed by atoms with Crippen LogP contribution >= 0.6 is 0 Å². The van der Waals surface area contributed by atoms with Gasteiger partial charge in [0.2, 0.25) is 0 Å². The number of carbonyl (C=O) groups is 2. The van der Waals surface area contributed by atoms with Crippen molar-refractivity contribution in [2.45, 2.75) is 19.3 Å². The van der Waals surface area contributed by atoms with Crippen molar-refractivity contribution in [3.05, 3.63) is 36.4 Å². The normalized spacial score (nSPS) is 10.1. The molecule has 144 valence electrons. The van der Waals surface area contributed by atoms with Crippen LogP contribution in [0.2, 0.25) is 0 Å². The van der Waals surface area contributed by atoms with Crippen LogP contribution in [0.5, 0.6) is 0 Å². The average molecular weight is 364 g/mol. The topological polar surface area (TPSA) is 85.9 Å². The molecule has 0 atom stereocenters. The predicted octanol–water partition coefficient (Wildman–Crippen LogP) is 2.38. The number of anilines is 2. The van der Waals surface area contributed by atoms with Gasteiger partial charge in [0.15, 0.2) is 0 Å². The fourth-order valence-electron chi connectivity index (χ4n) is 2.21. The van der Waals surface area contributed by atoms with Gasteiger partial charge in [-0.3, -0.25) is 4.79 Å². The summed E-state index contributed by atoms with van der Waals surface area (Å²) in [5.41, 5.74) is 3.13. The van der Waals surface area contributed by atoms with Crippen LogP contribution < -0.4 is 10.6 Å². The van der Waals surface area contributed by atoms with E-state index in [1.807, 2.05) is 32.3 Å². The summed E-state index contributed by atoms with van der Waals surface area (Å²) in [5, 5.41) is 6.23. The molecule has 0 radical (unpaired) electrons. The second kappa shape index (κ2) is 12.8. The van der Waals surface area contributed by atoms with Crippen LogP contribution in [0, 0.1) is 0 Å². The van der Waals surface area contributed by atoms with Crippen LogP contribution in [-0.4, -0.2) is 52.5 Å². The summed E-state index contributed by atoms with van der Waals surface area (Å²) in [5.74, 6) is -0.719. The van der Waals surface area contributed by atoms with Gasteiger partial charge in [0.1, 0.15) is 6.61 Å². The lowest BCUT2D eigenvalue weighted by Gasteiger charge is -2.12. The maximum absolute atomic E-state index is 11.7. The van der Waals surface area contributed by atoms with Crippen LogP contribution in [0.1, 0.15) is 18.4 Å². The molecule has 2 N–H and O–H groups in total. The van der Waals surface area contributed by atoms with Crippen molar-refractivity contribution in [1.29, 1.82) is 0 Å². The van der Waals surface area contributed by atoms with E-state index in [1.54, 1.807) is 0 Å². The van der Waals surface area contributed by atoms with E-state index in [-0.39, 0.29) is 12.6 Å². The summed E-state index contributed by atoms with van der Waals surface area (Å²) >= 11 is 0. The number of hydrogen-bond acceptors (Lipinski definition) is 7. The average Bonchev–Trinajstić information content (AvgIpc) is 2.67. The van der Waals surface area contributed by atoms with Crippen LogP contribution in [0.4, 0.5) is 11.4 Å². The lowest BCUT2D eigenvalue weighted by atomic mass is 10.1. The molecule has 0 fully saturated rings. The molecule has 0 unspecified atom stereocenters. The van der Waals surface area contributed by atoms with Crippen molar-refractivity contribution in [3.63, 3.8) is 0 Å². The van der Waals surface area contributed by atoms with Gasteiger partial charge in [-0.1, -0.05) is 12.6 Å². The standard InChI is InChI=1S/C19H28N2O5/c1-4-18(22)26-13-12-24-10-5-6-19(23)25-11-9-15-7-8-16(20-2)14-17(15)21-3/h4,7-8,14,20-21H,1,5-6,9-13H2,2-3H3. The molecule has 26 heavy (non-hydrogen) atoms. The zero-order valence-corrected chi connectivity index (χ0v) is 15.5. The van der Waals surface area contributed by atoms with Gasteiger partial charge in [-0.15, -0.1) is 0 Å². The third kappa shape index (κ3) is 8.53. The molecule has 0 aliphatic heterocycles. The summed E-state index contributed by atoms with van der Waals surface area (Å²) in [4.78, 5) is 22.5. The Bertz CT molecular complexity index is 589. The Morgan fingerprint density at radius 3 is 2.58 bits per heavy atom. The molecule has 0 heterocycles. The van der Waals surface area contributed by atoms with Gasteiger partial charge < -0.3 is 24.8 Å². The molecule has 1 aromatic rings. The molecule has 0 spiro atoms. The number of benzene rings is 1. The highest BCUT2D eigenvalue weighted by atomic mass is 16.6. The minimum atomic E-state index is -0.473. The lowest BCUT2D eigenvalue weighted by Crippen LogP contribution is -2.11. The molecule has 0 saturated carbocycles. The molecule has 0 saturated heterocycles. The highest BCUT2D eigenvalue weighted by Gasteiger charge is 2.06. The van der Waals surface area contributed by atoms with E-state index in [0.29, 0.717) is 39.1 Å². The first-order valence-corrected chi connectivity index (χ1v) is 8.61. The fourth-order valence-corrected chi connectivity index (χ4v) is 2.21. The van der Waals surface area contributed by atoms with Gasteiger partial charge in [0, 0.05) is 51.0 Å². The molecular formula is C19H28N2O5. The number of hydrogen-bond donors (Lipinski definition) is 2. The van der Waals surface area contributed by atoms with Crippen LogP contribution in [0.25, 0.3) is 0 Å². The van der Waals surface area contributed by atoms with Crippen LogP contribution in [0.15, 0.2) is 30.9 Å². The first-order valence-electron chi connectivity index (χ1n) is 8.61. The summed E-state index contributed by atoms with van der Waals surface area (Å²) in [7, 11) is 3.73. The van der Waals surface area contributed by atoms with E-state index >= 15 is 0 Å². The highest BCUT2D eigenvalue weighted by Crippen LogP contribution is 2.20. The monoisotopic (exact) mass is 364 g/mol. The Morgan fingerprint density at radius 1 is 1.08 bits per heavy atom. The van der Waals surface area contributed by atoms with Gasteiger partial charge in [-0.2, -0.15) is 0 Å². The van der Waals surface area contributed by atoms with Crippen LogP contribution in [0.3, 0.4) is 0 Å². The highest BCUT2D eigenvalue weighted by molar-refractivity contribution is 5.81. The van der Waals surface area contributed by atoms with Gasteiger partial charge in [-0.05, 0) is 24.1 Å². The minimum absolute atomic E-state index is 0.176. The number of nitrogens with one attached hydrogen (secondary N) is 2. The number of esters is 2. The van der Waals surface area contributed by atoms with Gasteiger partial charge >= 0.3 is 11.9 Å². The molecule has 0 bridgehead atoms. The SMILES string of the molecule is C=CC(=O)OCCOCCCC(=O)OCCc1ccc(NC)cc1NC.